The van der Waals surface area contributed by atoms with Crippen molar-refractivity contribution < 1.29 is 9.53 Å². The maximum atomic E-state index is 11.4. The summed E-state index contributed by atoms with van der Waals surface area (Å²) in [5, 5.41) is 0. The Bertz CT molecular complexity index is 283. The molecule has 0 fully saturated rings. The van der Waals surface area contributed by atoms with Crippen LogP contribution in [0.1, 0.15) is 26.2 Å². The molecule has 1 rings (SSSR count). The predicted molar refractivity (Wildman–Crippen MR) is 55.8 cm³/mol. The molecule has 0 radical (unpaired) electrons. The highest BCUT2D eigenvalue weighted by atomic mass is 16.5. The third kappa shape index (κ3) is 2.90. The lowest BCUT2D eigenvalue weighted by atomic mass is 10.00. The lowest BCUT2D eigenvalue weighted by molar-refractivity contribution is -0.117. The summed E-state index contributed by atoms with van der Waals surface area (Å²) in [6.07, 6.45) is 6.00. The van der Waals surface area contributed by atoms with Gasteiger partial charge >= 0.3 is 0 Å². The Morgan fingerprint density at radius 1 is 1.79 bits per heavy atom. The first-order valence-corrected chi connectivity index (χ1v) is 4.99. The maximum Gasteiger partial charge on any atom is 0.162 e. The van der Waals surface area contributed by atoms with E-state index in [0.29, 0.717) is 6.61 Å². The summed E-state index contributed by atoms with van der Waals surface area (Å²) in [5.41, 5.74) is 2.71. The number of hydrogen-bond acceptors (Lipinski definition) is 2. The van der Waals surface area contributed by atoms with E-state index in [1.165, 1.54) is 0 Å². The highest BCUT2D eigenvalue weighted by Crippen LogP contribution is 2.26. The number of carbonyl (C=O) groups excluding carboxylic acids is 1. The average Bonchev–Trinajstić information content (AvgIpc) is 2.48. The average molecular weight is 192 g/mol. The summed E-state index contributed by atoms with van der Waals surface area (Å²) in [6.45, 7) is 6.05. The van der Waals surface area contributed by atoms with E-state index in [1.54, 1.807) is 6.08 Å². The van der Waals surface area contributed by atoms with Crippen molar-refractivity contribution in [2.45, 2.75) is 26.2 Å². The number of carbonyl (C=O) groups is 1. The van der Waals surface area contributed by atoms with Crippen LogP contribution in [0, 0.1) is 5.92 Å². The quantitative estimate of drug-likeness (QED) is 0.626. The van der Waals surface area contributed by atoms with Crippen LogP contribution in [0.15, 0.2) is 30.2 Å². The minimum absolute atomic E-state index is 0.112. The standard InChI is InChI=1S/C12H16O2/c1-3-5-6-7-10-8-11(14-4-2)9-12(10)13/h5,9-10H,1,4,6-8H2,2H3. The normalized spacial score (nSPS) is 20.2. The molecule has 0 N–H and O–H groups in total. The second-order valence-corrected chi connectivity index (χ2v) is 3.33. The van der Waals surface area contributed by atoms with Crippen LogP contribution in [0.25, 0.3) is 0 Å². The molecule has 0 saturated carbocycles. The largest absolute Gasteiger partial charge is 0.498 e. The molecule has 1 aliphatic rings. The summed E-state index contributed by atoms with van der Waals surface area (Å²) in [7, 11) is 0. The summed E-state index contributed by atoms with van der Waals surface area (Å²) in [5.74, 6) is 1.15. The van der Waals surface area contributed by atoms with Crippen molar-refractivity contribution in [2.75, 3.05) is 6.61 Å². The van der Waals surface area contributed by atoms with Gasteiger partial charge in [-0.1, -0.05) is 6.58 Å². The maximum absolute atomic E-state index is 11.4. The third-order valence-electron chi connectivity index (χ3n) is 2.29. The molecule has 0 aliphatic heterocycles. The van der Waals surface area contributed by atoms with Gasteiger partial charge in [0.2, 0.25) is 0 Å². The molecule has 0 saturated heterocycles. The summed E-state index contributed by atoms with van der Waals surface area (Å²) in [6, 6.07) is 0. The molecule has 0 heterocycles. The lowest BCUT2D eigenvalue weighted by Crippen LogP contribution is -2.05. The Hall–Kier alpha value is -1.27. The zero-order chi connectivity index (χ0) is 10.4. The van der Waals surface area contributed by atoms with Crippen LogP contribution in [-0.4, -0.2) is 12.4 Å². The molecule has 0 aromatic carbocycles. The van der Waals surface area contributed by atoms with Crippen molar-refractivity contribution in [3.8, 4) is 0 Å². The number of rotatable bonds is 5. The van der Waals surface area contributed by atoms with E-state index in [0.717, 1.165) is 25.0 Å². The molecule has 2 heteroatoms. The summed E-state index contributed by atoms with van der Waals surface area (Å²) >= 11 is 0. The first kappa shape index (κ1) is 10.8. The van der Waals surface area contributed by atoms with Crippen molar-refractivity contribution in [3.63, 3.8) is 0 Å². The Labute approximate surface area is 85.0 Å². The van der Waals surface area contributed by atoms with Crippen molar-refractivity contribution in [2.24, 2.45) is 5.92 Å². The predicted octanol–water partition coefficient (Wildman–Crippen LogP) is 2.62. The van der Waals surface area contributed by atoms with Crippen molar-refractivity contribution >= 4 is 5.78 Å². The monoisotopic (exact) mass is 192 g/mol. The molecule has 0 bridgehead atoms. The number of ether oxygens (including phenoxy) is 1. The van der Waals surface area contributed by atoms with Gasteiger partial charge in [-0.3, -0.25) is 4.79 Å². The van der Waals surface area contributed by atoms with Crippen LogP contribution < -0.4 is 0 Å². The van der Waals surface area contributed by atoms with Crippen LogP contribution in [0.3, 0.4) is 0 Å². The van der Waals surface area contributed by atoms with Crippen molar-refractivity contribution in [1.82, 2.24) is 0 Å². The van der Waals surface area contributed by atoms with Gasteiger partial charge in [0.1, 0.15) is 5.76 Å². The molecule has 0 aromatic heterocycles. The topological polar surface area (TPSA) is 26.3 Å². The molecule has 76 valence electrons. The molecule has 0 aromatic rings. The highest BCUT2D eigenvalue weighted by Gasteiger charge is 2.25. The fraction of sp³-hybridized carbons (Fsp3) is 0.500. The Morgan fingerprint density at radius 3 is 3.21 bits per heavy atom. The van der Waals surface area contributed by atoms with E-state index in [1.807, 2.05) is 13.0 Å². The van der Waals surface area contributed by atoms with E-state index in [2.05, 4.69) is 12.3 Å². The van der Waals surface area contributed by atoms with Crippen LogP contribution in [0.2, 0.25) is 0 Å². The van der Waals surface area contributed by atoms with Crippen LogP contribution in [0.4, 0.5) is 0 Å². The summed E-state index contributed by atoms with van der Waals surface area (Å²) < 4.78 is 5.31. The first-order valence-electron chi connectivity index (χ1n) is 4.99. The minimum atomic E-state index is 0.112. The highest BCUT2D eigenvalue weighted by molar-refractivity contribution is 5.94. The fourth-order valence-electron chi connectivity index (χ4n) is 1.60. The Kier molecular flexibility index (Phi) is 4.21. The summed E-state index contributed by atoms with van der Waals surface area (Å²) in [4.78, 5) is 11.4. The zero-order valence-corrected chi connectivity index (χ0v) is 8.58. The van der Waals surface area contributed by atoms with Crippen LogP contribution in [0.5, 0.6) is 0 Å². The van der Waals surface area contributed by atoms with Gasteiger partial charge in [0.15, 0.2) is 5.78 Å². The molecular weight excluding hydrogens is 176 g/mol. The van der Waals surface area contributed by atoms with Gasteiger partial charge in [0, 0.05) is 18.4 Å². The smallest absolute Gasteiger partial charge is 0.162 e. The molecule has 0 amide bonds. The van der Waals surface area contributed by atoms with Gasteiger partial charge in [-0.05, 0) is 25.8 Å². The van der Waals surface area contributed by atoms with E-state index in [9.17, 15) is 4.79 Å². The van der Waals surface area contributed by atoms with Gasteiger partial charge in [-0.15, -0.1) is 5.73 Å². The minimum Gasteiger partial charge on any atom is -0.498 e. The zero-order valence-electron chi connectivity index (χ0n) is 8.58. The Balaban J connectivity index is 2.38. The lowest BCUT2D eigenvalue weighted by Gasteiger charge is -2.06. The van der Waals surface area contributed by atoms with Crippen LogP contribution in [-0.2, 0) is 9.53 Å². The second kappa shape index (κ2) is 5.46. The van der Waals surface area contributed by atoms with Gasteiger partial charge in [-0.2, -0.15) is 0 Å². The Morgan fingerprint density at radius 2 is 2.57 bits per heavy atom. The SMILES string of the molecule is C=C=CCCC1CC(OCC)=CC1=O. The van der Waals surface area contributed by atoms with E-state index in [4.69, 9.17) is 4.74 Å². The van der Waals surface area contributed by atoms with E-state index in [-0.39, 0.29) is 11.7 Å². The van der Waals surface area contributed by atoms with Gasteiger partial charge in [-0.25, -0.2) is 0 Å². The molecule has 1 atom stereocenters. The van der Waals surface area contributed by atoms with Crippen molar-refractivity contribution in [3.05, 3.63) is 30.2 Å². The molecule has 2 nitrogen and oxygen atoms in total. The van der Waals surface area contributed by atoms with E-state index < -0.39 is 0 Å². The van der Waals surface area contributed by atoms with E-state index >= 15 is 0 Å². The number of ketones is 1. The second-order valence-electron chi connectivity index (χ2n) is 3.33. The van der Waals surface area contributed by atoms with Crippen LogP contribution >= 0.6 is 0 Å². The number of hydrogen-bond donors (Lipinski definition) is 0. The number of allylic oxidation sites excluding steroid dienone is 3. The van der Waals surface area contributed by atoms with Crippen molar-refractivity contribution in [1.29, 1.82) is 0 Å². The fourth-order valence-corrected chi connectivity index (χ4v) is 1.60. The van der Waals surface area contributed by atoms with Gasteiger partial charge in [0.25, 0.3) is 0 Å². The van der Waals surface area contributed by atoms with Gasteiger partial charge < -0.3 is 4.74 Å². The molecule has 1 aliphatic carbocycles. The van der Waals surface area contributed by atoms with Gasteiger partial charge in [0.05, 0.1) is 6.61 Å². The molecule has 1 unspecified atom stereocenters. The molecular formula is C12H16O2. The first-order chi connectivity index (χ1) is 6.77. The molecule has 14 heavy (non-hydrogen) atoms. The molecule has 0 spiro atoms. The third-order valence-corrected chi connectivity index (χ3v) is 2.29.